The van der Waals surface area contributed by atoms with Crippen molar-refractivity contribution in [1.82, 2.24) is 10.6 Å². The van der Waals surface area contributed by atoms with Crippen LogP contribution in [0.2, 0.25) is 0 Å². The summed E-state index contributed by atoms with van der Waals surface area (Å²) < 4.78 is 0. The molecule has 0 radical (unpaired) electrons. The number of carboxylic acid groups (broad SMARTS) is 2. The Bertz CT molecular complexity index is 709. The number of benzene rings is 1. The summed E-state index contributed by atoms with van der Waals surface area (Å²) >= 11 is 0. The van der Waals surface area contributed by atoms with Crippen LogP contribution >= 0.6 is 0 Å². The topological polar surface area (TPSA) is 159 Å². The van der Waals surface area contributed by atoms with E-state index in [4.69, 9.17) is 10.8 Å². The fourth-order valence-electron chi connectivity index (χ4n) is 2.71. The quantitative estimate of drug-likeness (QED) is 0.338. The maximum absolute atomic E-state index is 12.6. The van der Waals surface area contributed by atoms with Crippen molar-refractivity contribution >= 4 is 23.8 Å². The predicted octanol–water partition coefficient (Wildman–Crippen LogP) is 0.522. The van der Waals surface area contributed by atoms with Crippen LogP contribution in [-0.2, 0) is 25.6 Å². The molecule has 1 aromatic carbocycles. The first-order chi connectivity index (χ1) is 13.6. The number of hydrogen-bond acceptors (Lipinski definition) is 5. The Hall–Kier alpha value is -2.94. The van der Waals surface area contributed by atoms with Crippen LogP contribution in [0.4, 0.5) is 0 Å². The van der Waals surface area contributed by atoms with Gasteiger partial charge in [0.2, 0.25) is 11.8 Å². The maximum Gasteiger partial charge on any atom is 0.326 e. The minimum atomic E-state index is -1.36. The third-order valence-corrected chi connectivity index (χ3v) is 4.69. The SMILES string of the molecule is CC[C@H](C)[C@H](NC(=O)[C@@H](N)Cc1ccccc1)C(=O)N[C@@H](CCC(=O)O)C(=O)O. The summed E-state index contributed by atoms with van der Waals surface area (Å²) in [4.78, 5) is 47.2. The van der Waals surface area contributed by atoms with Crippen molar-refractivity contribution in [2.75, 3.05) is 0 Å². The number of nitrogens with two attached hydrogens (primary N) is 1. The van der Waals surface area contributed by atoms with Gasteiger partial charge in [-0.1, -0.05) is 50.6 Å². The lowest BCUT2D eigenvalue weighted by Gasteiger charge is -2.26. The van der Waals surface area contributed by atoms with Crippen LogP contribution < -0.4 is 16.4 Å². The number of amides is 2. The third kappa shape index (κ3) is 8.30. The van der Waals surface area contributed by atoms with E-state index in [-0.39, 0.29) is 18.8 Å². The van der Waals surface area contributed by atoms with E-state index in [1.54, 1.807) is 6.92 Å². The van der Waals surface area contributed by atoms with Crippen molar-refractivity contribution in [3.63, 3.8) is 0 Å². The lowest BCUT2D eigenvalue weighted by atomic mass is 9.96. The number of carboxylic acids is 2. The molecule has 0 bridgehead atoms. The highest BCUT2D eigenvalue weighted by molar-refractivity contribution is 5.92. The van der Waals surface area contributed by atoms with Gasteiger partial charge in [0.15, 0.2) is 0 Å². The van der Waals surface area contributed by atoms with Gasteiger partial charge in [-0.05, 0) is 24.3 Å². The van der Waals surface area contributed by atoms with Crippen LogP contribution in [0, 0.1) is 5.92 Å². The van der Waals surface area contributed by atoms with E-state index in [2.05, 4.69) is 10.6 Å². The second-order valence-corrected chi connectivity index (χ2v) is 7.00. The van der Waals surface area contributed by atoms with Crippen molar-refractivity contribution < 1.29 is 29.4 Å². The van der Waals surface area contributed by atoms with E-state index >= 15 is 0 Å². The molecular formula is C20H29N3O6. The molecule has 160 valence electrons. The molecule has 0 aliphatic carbocycles. The van der Waals surface area contributed by atoms with E-state index in [0.717, 1.165) is 5.56 Å². The van der Waals surface area contributed by atoms with Gasteiger partial charge in [-0.2, -0.15) is 0 Å². The molecule has 0 saturated carbocycles. The van der Waals surface area contributed by atoms with Crippen molar-refractivity contribution in [3.05, 3.63) is 35.9 Å². The maximum atomic E-state index is 12.6. The minimum Gasteiger partial charge on any atom is -0.481 e. The van der Waals surface area contributed by atoms with Crippen molar-refractivity contribution in [2.45, 2.75) is 57.7 Å². The zero-order valence-electron chi connectivity index (χ0n) is 16.6. The fourth-order valence-corrected chi connectivity index (χ4v) is 2.71. The molecule has 9 nitrogen and oxygen atoms in total. The number of carbonyl (C=O) groups is 4. The third-order valence-electron chi connectivity index (χ3n) is 4.69. The smallest absolute Gasteiger partial charge is 0.326 e. The standard InChI is InChI=1S/C20H29N3O6/c1-3-12(2)17(19(27)22-15(20(28)29)9-10-16(24)25)23-18(26)14(21)11-13-7-5-4-6-8-13/h4-8,12,14-15,17H,3,9-11,21H2,1-2H3,(H,22,27)(H,23,26)(H,24,25)(H,28,29)/t12-,14-,15-,17-/m0/s1. The number of carbonyl (C=O) groups excluding carboxylic acids is 2. The van der Waals surface area contributed by atoms with Crippen LogP contribution in [0.1, 0.15) is 38.7 Å². The number of hydrogen-bond donors (Lipinski definition) is 5. The molecule has 0 spiro atoms. The second-order valence-electron chi connectivity index (χ2n) is 7.00. The summed E-state index contributed by atoms with van der Waals surface area (Å²) in [7, 11) is 0. The summed E-state index contributed by atoms with van der Waals surface area (Å²) in [6.07, 6.45) is 0.182. The molecular weight excluding hydrogens is 378 g/mol. The summed E-state index contributed by atoms with van der Waals surface area (Å²) in [5, 5.41) is 22.9. The largest absolute Gasteiger partial charge is 0.481 e. The van der Waals surface area contributed by atoms with Gasteiger partial charge in [0, 0.05) is 6.42 Å². The summed E-state index contributed by atoms with van der Waals surface area (Å²) in [6, 6.07) is 5.97. The molecule has 6 N–H and O–H groups in total. The van der Waals surface area contributed by atoms with Crippen molar-refractivity contribution in [2.24, 2.45) is 11.7 Å². The number of rotatable bonds is 12. The van der Waals surface area contributed by atoms with Crippen LogP contribution in [0.3, 0.4) is 0 Å². The van der Waals surface area contributed by atoms with E-state index in [0.29, 0.717) is 6.42 Å². The first kappa shape index (κ1) is 24.1. The average Bonchev–Trinajstić information content (AvgIpc) is 2.68. The summed E-state index contributed by atoms with van der Waals surface area (Å²) in [5.41, 5.74) is 6.84. The fraction of sp³-hybridized carbons (Fsp3) is 0.500. The molecule has 0 saturated heterocycles. The molecule has 0 unspecified atom stereocenters. The molecule has 1 rings (SSSR count). The molecule has 29 heavy (non-hydrogen) atoms. The lowest BCUT2D eigenvalue weighted by Crippen LogP contribution is -2.57. The highest BCUT2D eigenvalue weighted by Crippen LogP contribution is 2.10. The Kier molecular flexibility index (Phi) is 9.81. The zero-order chi connectivity index (χ0) is 22.0. The minimum absolute atomic E-state index is 0.259. The van der Waals surface area contributed by atoms with Gasteiger partial charge in [-0.25, -0.2) is 4.79 Å². The van der Waals surface area contributed by atoms with Crippen molar-refractivity contribution in [3.8, 4) is 0 Å². The Balaban J connectivity index is 2.81. The Morgan fingerprint density at radius 2 is 1.66 bits per heavy atom. The molecule has 0 heterocycles. The van der Waals surface area contributed by atoms with Gasteiger partial charge in [-0.15, -0.1) is 0 Å². The molecule has 4 atom stereocenters. The van der Waals surface area contributed by atoms with E-state index < -0.39 is 48.3 Å². The van der Waals surface area contributed by atoms with E-state index in [9.17, 15) is 24.3 Å². The summed E-state index contributed by atoms with van der Waals surface area (Å²) in [6.45, 7) is 3.58. The van der Waals surface area contributed by atoms with Gasteiger partial charge >= 0.3 is 11.9 Å². The molecule has 0 fully saturated rings. The van der Waals surface area contributed by atoms with Gasteiger partial charge in [0.1, 0.15) is 12.1 Å². The van der Waals surface area contributed by atoms with Gasteiger partial charge in [0.05, 0.1) is 6.04 Å². The Labute approximate surface area is 169 Å². The first-order valence-corrected chi connectivity index (χ1v) is 9.50. The molecule has 0 aromatic heterocycles. The molecule has 0 aliphatic rings. The number of nitrogens with one attached hydrogen (secondary N) is 2. The van der Waals surface area contributed by atoms with Gasteiger partial charge in [0.25, 0.3) is 0 Å². The first-order valence-electron chi connectivity index (χ1n) is 9.50. The van der Waals surface area contributed by atoms with E-state index in [1.807, 2.05) is 37.3 Å². The Morgan fingerprint density at radius 3 is 2.17 bits per heavy atom. The van der Waals surface area contributed by atoms with Crippen LogP contribution in [0.5, 0.6) is 0 Å². The predicted molar refractivity (Wildman–Crippen MR) is 106 cm³/mol. The monoisotopic (exact) mass is 407 g/mol. The second kappa shape index (κ2) is 11.8. The molecule has 1 aromatic rings. The van der Waals surface area contributed by atoms with Crippen LogP contribution in [0.25, 0.3) is 0 Å². The summed E-state index contributed by atoms with van der Waals surface area (Å²) in [5.74, 6) is -3.99. The molecule has 2 amide bonds. The highest BCUT2D eigenvalue weighted by Gasteiger charge is 2.31. The van der Waals surface area contributed by atoms with E-state index in [1.165, 1.54) is 0 Å². The highest BCUT2D eigenvalue weighted by atomic mass is 16.4. The lowest BCUT2D eigenvalue weighted by molar-refractivity contribution is -0.143. The van der Waals surface area contributed by atoms with Crippen LogP contribution in [-0.4, -0.2) is 52.1 Å². The van der Waals surface area contributed by atoms with Crippen molar-refractivity contribution in [1.29, 1.82) is 0 Å². The average molecular weight is 407 g/mol. The normalized spacial score (nSPS) is 14.9. The van der Waals surface area contributed by atoms with Gasteiger partial charge < -0.3 is 26.6 Å². The molecule has 9 heteroatoms. The van der Waals surface area contributed by atoms with Gasteiger partial charge in [-0.3, -0.25) is 14.4 Å². The number of aliphatic carboxylic acids is 2. The van der Waals surface area contributed by atoms with Crippen LogP contribution in [0.15, 0.2) is 30.3 Å². The molecule has 0 aliphatic heterocycles. The zero-order valence-corrected chi connectivity index (χ0v) is 16.6. The Morgan fingerprint density at radius 1 is 1.03 bits per heavy atom.